The molecule has 0 bridgehead atoms. The highest BCUT2D eigenvalue weighted by Crippen LogP contribution is 2.33. The topological polar surface area (TPSA) is 21.3 Å². The molecule has 1 aromatic carbocycles. The Morgan fingerprint density at radius 2 is 1.88 bits per heavy atom. The maximum absolute atomic E-state index is 5.54. The van der Waals surface area contributed by atoms with Gasteiger partial charge in [0.2, 0.25) is 0 Å². The average Bonchev–Trinajstić information content (AvgIpc) is 2.98. The molecule has 2 unspecified atom stereocenters. The van der Waals surface area contributed by atoms with Crippen LogP contribution < -0.4 is 5.32 Å². The van der Waals surface area contributed by atoms with Crippen molar-refractivity contribution in [2.24, 2.45) is 11.8 Å². The first kappa shape index (κ1) is 11.2. The highest BCUT2D eigenvalue weighted by Gasteiger charge is 2.34. The molecule has 1 aliphatic carbocycles. The fraction of sp³-hybridized carbons (Fsp3) is 0.600. The lowest BCUT2D eigenvalue weighted by Crippen LogP contribution is -2.41. The van der Waals surface area contributed by atoms with Crippen molar-refractivity contribution >= 4 is 0 Å². The van der Waals surface area contributed by atoms with E-state index in [-0.39, 0.29) is 0 Å². The lowest BCUT2D eigenvalue weighted by molar-refractivity contribution is 0.167. The first-order valence-electron chi connectivity index (χ1n) is 6.70. The lowest BCUT2D eigenvalue weighted by atomic mass is 9.86. The van der Waals surface area contributed by atoms with Gasteiger partial charge in [0, 0.05) is 18.6 Å². The number of rotatable bonds is 3. The second-order valence-corrected chi connectivity index (χ2v) is 5.38. The Morgan fingerprint density at radius 1 is 1.18 bits per heavy atom. The summed E-state index contributed by atoms with van der Waals surface area (Å²) in [5, 5.41) is 3.54. The molecule has 2 atom stereocenters. The molecule has 0 radical (unpaired) electrons. The number of nitrogens with one attached hydrogen (secondary N) is 1. The van der Waals surface area contributed by atoms with Gasteiger partial charge in [-0.25, -0.2) is 0 Å². The SMILES string of the molecule is CNC(C1CCOC1)C1Cc2ccccc2C1. The van der Waals surface area contributed by atoms with Crippen LogP contribution in [0.15, 0.2) is 24.3 Å². The first-order chi connectivity index (χ1) is 8.38. The lowest BCUT2D eigenvalue weighted by Gasteiger charge is -2.27. The molecule has 2 nitrogen and oxygen atoms in total. The Labute approximate surface area is 103 Å². The van der Waals surface area contributed by atoms with Crippen molar-refractivity contribution in [3.63, 3.8) is 0 Å². The molecule has 1 aromatic rings. The summed E-state index contributed by atoms with van der Waals surface area (Å²) in [6, 6.07) is 9.51. The molecule has 0 amide bonds. The number of hydrogen-bond donors (Lipinski definition) is 1. The molecule has 1 saturated heterocycles. The van der Waals surface area contributed by atoms with Gasteiger partial charge < -0.3 is 10.1 Å². The van der Waals surface area contributed by atoms with Gasteiger partial charge in [0.1, 0.15) is 0 Å². The molecule has 0 aromatic heterocycles. The quantitative estimate of drug-likeness (QED) is 0.859. The van der Waals surface area contributed by atoms with Crippen molar-refractivity contribution in [3.8, 4) is 0 Å². The number of hydrogen-bond acceptors (Lipinski definition) is 2. The van der Waals surface area contributed by atoms with Crippen molar-refractivity contribution in [3.05, 3.63) is 35.4 Å². The van der Waals surface area contributed by atoms with E-state index >= 15 is 0 Å². The minimum absolute atomic E-state index is 0.616. The molecule has 1 heterocycles. The maximum atomic E-state index is 5.54. The Kier molecular flexibility index (Phi) is 3.17. The predicted molar refractivity (Wildman–Crippen MR) is 69.1 cm³/mol. The third-order valence-corrected chi connectivity index (χ3v) is 4.40. The molecule has 3 rings (SSSR count). The summed E-state index contributed by atoms with van der Waals surface area (Å²) in [7, 11) is 2.10. The molecule has 0 saturated carbocycles. The van der Waals surface area contributed by atoms with Gasteiger partial charge in [0.05, 0.1) is 6.61 Å². The van der Waals surface area contributed by atoms with Crippen molar-refractivity contribution in [2.75, 3.05) is 20.3 Å². The van der Waals surface area contributed by atoms with Crippen LogP contribution in [0.3, 0.4) is 0 Å². The number of fused-ring (bicyclic) bond motifs is 1. The second-order valence-electron chi connectivity index (χ2n) is 5.38. The van der Waals surface area contributed by atoms with Crippen LogP contribution in [0.2, 0.25) is 0 Å². The summed E-state index contributed by atoms with van der Waals surface area (Å²) in [6.07, 6.45) is 3.69. The summed E-state index contributed by atoms with van der Waals surface area (Å²) in [4.78, 5) is 0. The van der Waals surface area contributed by atoms with Crippen molar-refractivity contribution < 1.29 is 4.74 Å². The van der Waals surface area contributed by atoms with E-state index in [1.165, 1.54) is 19.3 Å². The van der Waals surface area contributed by atoms with Gasteiger partial charge in [0.25, 0.3) is 0 Å². The van der Waals surface area contributed by atoms with Gasteiger partial charge in [-0.15, -0.1) is 0 Å². The standard InChI is InChI=1S/C15H21NO/c1-16-15(13-6-7-17-10-13)14-8-11-4-2-3-5-12(11)9-14/h2-5,13-16H,6-10H2,1H3. The third-order valence-electron chi connectivity index (χ3n) is 4.40. The van der Waals surface area contributed by atoms with Gasteiger partial charge in [-0.1, -0.05) is 24.3 Å². The highest BCUT2D eigenvalue weighted by atomic mass is 16.5. The zero-order valence-electron chi connectivity index (χ0n) is 10.5. The zero-order chi connectivity index (χ0) is 11.7. The minimum atomic E-state index is 0.616. The van der Waals surface area contributed by atoms with Crippen LogP contribution in [-0.4, -0.2) is 26.3 Å². The molecular formula is C15H21NO. The van der Waals surface area contributed by atoms with Gasteiger partial charge in [-0.3, -0.25) is 0 Å². The van der Waals surface area contributed by atoms with Gasteiger partial charge in [-0.2, -0.15) is 0 Å². The van der Waals surface area contributed by atoms with Crippen LogP contribution in [0.1, 0.15) is 17.5 Å². The molecule has 1 aliphatic heterocycles. The summed E-state index contributed by atoms with van der Waals surface area (Å²) in [5.41, 5.74) is 3.10. The molecule has 92 valence electrons. The largest absolute Gasteiger partial charge is 0.381 e. The summed E-state index contributed by atoms with van der Waals surface area (Å²) < 4.78 is 5.54. The van der Waals surface area contributed by atoms with E-state index in [4.69, 9.17) is 4.74 Å². The van der Waals surface area contributed by atoms with Crippen molar-refractivity contribution in [1.29, 1.82) is 0 Å². The average molecular weight is 231 g/mol. The monoisotopic (exact) mass is 231 g/mol. The minimum Gasteiger partial charge on any atom is -0.381 e. The Morgan fingerprint density at radius 3 is 2.41 bits per heavy atom. The van der Waals surface area contributed by atoms with Crippen molar-refractivity contribution in [2.45, 2.75) is 25.3 Å². The fourth-order valence-corrected chi connectivity index (χ4v) is 3.54. The van der Waals surface area contributed by atoms with E-state index in [2.05, 4.69) is 36.6 Å². The first-order valence-corrected chi connectivity index (χ1v) is 6.70. The highest BCUT2D eigenvalue weighted by molar-refractivity contribution is 5.32. The zero-order valence-corrected chi connectivity index (χ0v) is 10.5. The Balaban J connectivity index is 1.73. The molecule has 2 heteroatoms. The molecule has 17 heavy (non-hydrogen) atoms. The molecule has 0 spiro atoms. The van der Waals surface area contributed by atoms with Crippen LogP contribution in [0.4, 0.5) is 0 Å². The van der Waals surface area contributed by atoms with Gasteiger partial charge in [0.15, 0.2) is 0 Å². The van der Waals surface area contributed by atoms with E-state index in [1.54, 1.807) is 11.1 Å². The van der Waals surface area contributed by atoms with E-state index in [9.17, 15) is 0 Å². The van der Waals surface area contributed by atoms with Gasteiger partial charge >= 0.3 is 0 Å². The fourth-order valence-electron chi connectivity index (χ4n) is 3.54. The van der Waals surface area contributed by atoms with E-state index in [1.807, 2.05) is 0 Å². The third kappa shape index (κ3) is 2.12. The summed E-state index contributed by atoms with van der Waals surface area (Å²) in [5.74, 6) is 1.46. The normalized spacial score (nSPS) is 26.1. The van der Waals surface area contributed by atoms with Crippen LogP contribution in [0.25, 0.3) is 0 Å². The van der Waals surface area contributed by atoms with E-state index < -0.39 is 0 Å². The smallest absolute Gasteiger partial charge is 0.0510 e. The Hall–Kier alpha value is -0.860. The van der Waals surface area contributed by atoms with Crippen LogP contribution >= 0.6 is 0 Å². The van der Waals surface area contributed by atoms with E-state index in [0.29, 0.717) is 12.0 Å². The summed E-state index contributed by atoms with van der Waals surface area (Å²) >= 11 is 0. The van der Waals surface area contributed by atoms with E-state index in [0.717, 1.165) is 19.1 Å². The van der Waals surface area contributed by atoms with Gasteiger partial charge in [-0.05, 0) is 43.4 Å². The Bertz CT molecular complexity index is 359. The predicted octanol–water partition coefficient (Wildman–Crippen LogP) is 2.03. The van der Waals surface area contributed by atoms with Crippen molar-refractivity contribution in [1.82, 2.24) is 5.32 Å². The van der Waals surface area contributed by atoms with Crippen LogP contribution in [-0.2, 0) is 17.6 Å². The van der Waals surface area contributed by atoms with Crippen LogP contribution in [0, 0.1) is 11.8 Å². The number of benzene rings is 1. The molecule has 1 fully saturated rings. The number of ether oxygens (including phenoxy) is 1. The second kappa shape index (κ2) is 4.79. The van der Waals surface area contributed by atoms with Crippen LogP contribution in [0.5, 0.6) is 0 Å². The summed E-state index contributed by atoms with van der Waals surface area (Å²) in [6.45, 7) is 1.89. The molecule has 1 N–H and O–H groups in total. The molecule has 2 aliphatic rings. The maximum Gasteiger partial charge on any atom is 0.0510 e. The molecular weight excluding hydrogens is 210 g/mol.